The number of fused-ring (bicyclic) bond motifs is 2. The summed E-state index contributed by atoms with van der Waals surface area (Å²) in [4.78, 5) is 29.0. The van der Waals surface area contributed by atoms with Gasteiger partial charge in [0.15, 0.2) is 5.82 Å². The van der Waals surface area contributed by atoms with E-state index in [1.807, 2.05) is 95.0 Å². The van der Waals surface area contributed by atoms with Crippen molar-refractivity contribution >= 4 is 73.8 Å². The lowest BCUT2D eigenvalue weighted by Crippen LogP contribution is -2.12. The zero-order valence-corrected chi connectivity index (χ0v) is 25.4. The van der Waals surface area contributed by atoms with Gasteiger partial charge in [0.2, 0.25) is 11.6 Å². The Balaban J connectivity index is 1.19. The summed E-state index contributed by atoms with van der Waals surface area (Å²) in [7, 11) is 4.04. The molecule has 0 amide bonds. The molecule has 12 heteroatoms. The first-order valence-corrected chi connectivity index (χ1v) is 15.3. The molecule has 3 aromatic carbocycles. The van der Waals surface area contributed by atoms with Crippen molar-refractivity contribution in [1.82, 2.24) is 43.0 Å². The molecule has 6 aromatic heterocycles. The molecule has 12 nitrogen and oxygen atoms in total. The highest BCUT2D eigenvalue weighted by molar-refractivity contribution is 6.07. The molecule has 1 unspecified atom stereocenters. The number of anilines is 4. The van der Waals surface area contributed by atoms with E-state index in [0.29, 0.717) is 11.6 Å². The van der Waals surface area contributed by atoms with E-state index >= 15 is 0 Å². The third-order valence-electron chi connectivity index (χ3n) is 9.10. The topological polar surface area (TPSA) is 120 Å². The number of hydrogen-bond donors (Lipinski definition) is 2. The van der Waals surface area contributed by atoms with Gasteiger partial charge in [-0.1, -0.05) is 18.2 Å². The summed E-state index contributed by atoms with van der Waals surface area (Å²) < 4.78 is 8.09. The smallest absolute Gasteiger partial charge is 0.240 e. The van der Waals surface area contributed by atoms with Crippen LogP contribution < -0.4 is 10.6 Å². The largest absolute Gasteiger partial charge is 0.341 e. The van der Waals surface area contributed by atoms with Gasteiger partial charge in [0.25, 0.3) is 0 Å². The molecule has 0 bridgehead atoms. The summed E-state index contributed by atoms with van der Waals surface area (Å²) in [5.41, 5.74) is 7.51. The van der Waals surface area contributed by atoms with E-state index in [1.54, 1.807) is 0 Å². The number of aliphatic imine (C=N–C) groups is 1. The van der Waals surface area contributed by atoms with Gasteiger partial charge in [0.1, 0.15) is 24.3 Å². The first-order chi connectivity index (χ1) is 23.1. The van der Waals surface area contributed by atoms with Crippen LogP contribution in [0.5, 0.6) is 0 Å². The minimum absolute atomic E-state index is 0.190. The van der Waals surface area contributed by atoms with Crippen LogP contribution in [0, 0.1) is 0 Å². The molecule has 226 valence electrons. The van der Waals surface area contributed by atoms with Crippen molar-refractivity contribution in [2.45, 2.75) is 5.92 Å². The van der Waals surface area contributed by atoms with Crippen LogP contribution in [0.4, 0.5) is 28.7 Å². The molecule has 0 saturated carbocycles. The summed E-state index contributed by atoms with van der Waals surface area (Å²) in [6, 6.07) is 24.6. The molecule has 9 aromatic rings. The number of nitrogens with one attached hydrogen (secondary N) is 2. The van der Waals surface area contributed by atoms with Gasteiger partial charge < -0.3 is 19.8 Å². The number of benzene rings is 2. The van der Waals surface area contributed by atoms with Gasteiger partial charge in [-0.3, -0.25) is 9.56 Å². The summed E-state index contributed by atoms with van der Waals surface area (Å²) in [5.74, 6) is 3.55. The Morgan fingerprint density at radius 2 is 1.40 bits per heavy atom. The minimum Gasteiger partial charge on any atom is -0.341 e. The molecule has 10 rings (SSSR count). The van der Waals surface area contributed by atoms with Gasteiger partial charge >= 0.3 is 0 Å². The fraction of sp³-hybridized carbons (Fsp3) is 0.0857. The molecule has 7 heterocycles. The fourth-order valence-corrected chi connectivity index (χ4v) is 6.86. The second-order valence-electron chi connectivity index (χ2n) is 11.8. The van der Waals surface area contributed by atoms with Crippen LogP contribution in [0.25, 0.3) is 44.7 Å². The van der Waals surface area contributed by atoms with E-state index in [0.717, 1.165) is 73.1 Å². The van der Waals surface area contributed by atoms with E-state index in [9.17, 15) is 0 Å². The third kappa shape index (κ3) is 3.69. The maximum absolute atomic E-state index is 5.14. The van der Waals surface area contributed by atoms with Crippen molar-refractivity contribution in [3.05, 3.63) is 109 Å². The van der Waals surface area contributed by atoms with Crippen molar-refractivity contribution in [3.63, 3.8) is 0 Å². The summed E-state index contributed by atoms with van der Waals surface area (Å²) in [6.45, 7) is 0. The number of hydrogen-bond acceptors (Lipinski definition) is 8. The Bertz CT molecular complexity index is 2690. The van der Waals surface area contributed by atoms with Crippen molar-refractivity contribution < 1.29 is 0 Å². The molecule has 0 fully saturated rings. The van der Waals surface area contributed by atoms with Gasteiger partial charge in [0.05, 0.1) is 39.5 Å². The second-order valence-corrected chi connectivity index (χ2v) is 11.8. The zero-order valence-electron chi connectivity index (χ0n) is 25.4. The number of nitrogens with zero attached hydrogens (tertiary/aromatic N) is 10. The molecular weight excluding hydrogens is 588 g/mol. The molecule has 0 spiro atoms. The van der Waals surface area contributed by atoms with E-state index in [-0.39, 0.29) is 5.92 Å². The number of aromatic nitrogens is 9. The molecular formula is C35H26N12. The van der Waals surface area contributed by atoms with Crippen LogP contribution in [0.15, 0.2) is 103 Å². The van der Waals surface area contributed by atoms with Crippen LogP contribution in [0.1, 0.15) is 17.2 Å². The Kier molecular flexibility index (Phi) is 5.19. The molecule has 0 aliphatic carbocycles. The molecule has 1 aliphatic heterocycles. The lowest BCUT2D eigenvalue weighted by atomic mass is 9.93. The van der Waals surface area contributed by atoms with Gasteiger partial charge in [-0.15, -0.1) is 0 Å². The fourth-order valence-electron chi connectivity index (χ4n) is 6.86. The normalized spacial score (nSPS) is 14.3. The minimum atomic E-state index is -0.190. The van der Waals surface area contributed by atoms with E-state index in [1.165, 1.54) is 6.33 Å². The zero-order chi connectivity index (χ0) is 31.2. The number of imidazole rings is 1. The van der Waals surface area contributed by atoms with Crippen LogP contribution >= 0.6 is 0 Å². The Morgan fingerprint density at radius 1 is 0.681 bits per heavy atom. The third-order valence-corrected chi connectivity index (χ3v) is 9.10. The Hall–Kier alpha value is -6.56. The Morgan fingerprint density at radius 3 is 2.19 bits per heavy atom. The molecule has 0 saturated heterocycles. The predicted octanol–water partition coefficient (Wildman–Crippen LogP) is 6.61. The molecule has 0 radical (unpaired) electrons. The summed E-state index contributed by atoms with van der Waals surface area (Å²) in [5, 5.41) is 9.13. The van der Waals surface area contributed by atoms with Crippen LogP contribution in [-0.4, -0.2) is 49.2 Å². The van der Waals surface area contributed by atoms with Crippen LogP contribution in [0.2, 0.25) is 0 Å². The van der Waals surface area contributed by atoms with Crippen molar-refractivity contribution in [2.75, 3.05) is 10.6 Å². The van der Waals surface area contributed by atoms with Gasteiger partial charge in [0, 0.05) is 54.7 Å². The van der Waals surface area contributed by atoms with Crippen LogP contribution in [0.3, 0.4) is 0 Å². The molecule has 2 N–H and O–H groups in total. The lowest BCUT2D eigenvalue weighted by Gasteiger charge is -2.19. The average Bonchev–Trinajstić information content (AvgIpc) is 3.93. The highest BCUT2D eigenvalue weighted by atomic mass is 15.2. The first kappa shape index (κ1) is 25.7. The Labute approximate surface area is 267 Å². The molecule has 1 atom stereocenters. The maximum atomic E-state index is 5.14. The molecule has 1 aliphatic rings. The highest BCUT2D eigenvalue weighted by Gasteiger charge is 2.30. The monoisotopic (exact) mass is 614 g/mol. The number of para-hydroxylation sites is 1. The van der Waals surface area contributed by atoms with Crippen molar-refractivity contribution in [2.24, 2.45) is 19.1 Å². The van der Waals surface area contributed by atoms with Gasteiger partial charge in [-0.05, 0) is 54.6 Å². The van der Waals surface area contributed by atoms with E-state index < -0.39 is 0 Å². The lowest BCUT2D eigenvalue weighted by molar-refractivity contribution is 0.934. The van der Waals surface area contributed by atoms with Crippen LogP contribution in [-0.2, 0) is 14.1 Å². The van der Waals surface area contributed by atoms with E-state index in [2.05, 4.69) is 55.5 Å². The second kappa shape index (κ2) is 9.47. The predicted molar refractivity (Wildman–Crippen MR) is 183 cm³/mol. The van der Waals surface area contributed by atoms with E-state index in [4.69, 9.17) is 19.9 Å². The quantitative estimate of drug-likeness (QED) is 0.216. The average molecular weight is 615 g/mol. The SMILES string of the molecule is Cn1cccc1Nc1cccc2c1C(c1nc3ncnc4nc(-n5cnc6cccc(Nc7cccn7C)c65)c5ccc1c5n34)C=N2. The maximum Gasteiger partial charge on any atom is 0.240 e. The highest BCUT2D eigenvalue weighted by Crippen LogP contribution is 2.44. The number of aryl methyl sites for hydroxylation is 2. The van der Waals surface area contributed by atoms with Gasteiger partial charge in [-0.2, -0.15) is 4.98 Å². The summed E-state index contributed by atoms with van der Waals surface area (Å²) >= 11 is 0. The van der Waals surface area contributed by atoms with Crippen molar-refractivity contribution in [3.8, 4) is 5.82 Å². The molecule has 47 heavy (non-hydrogen) atoms. The van der Waals surface area contributed by atoms with Gasteiger partial charge in [-0.25, -0.2) is 24.3 Å². The standard InChI is InChI=1S/C35H26N12/c1-44-15-5-11-27(44)40-24-8-3-7-23-29(24)22(17-36-23)30-20-13-14-21-31(20)47-34(42-30)37-18-38-35(47)43-33(21)46-19-39-25-9-4-10-26(32(25)46)41-28-12-6-16-45(28)2/h3-19,22,40-41H,1-2H3. The summed E-state index contributed by atoms with van der Waals surface area (Å²) in [6.07, 6.45) is 9.38. The number of rotatable bonds is 6. The van der Waals surface area contributed by atoms with Crippen molar-refractivity contribution in [1.29, 1.82) is 0 Å². The first-order valence-electron chi connectivity index (χ1n) is 15.3.